The zero-order valence-electron chi connectivity index (χ0n) is 21.4. The highest BCUT2D eigenvalue weighted by molar-refractivity contribution is 5.83. The molecule has 3 aromatic heterocycles. The fraction of sp³-hybridized carbons (Fsp3) is 0.310. The predicted molar refractivity (Wildman–Crippen MR) is 143 cm³/mol. The molecule has 2 aromatic carbocycles. The lowest BCUT2D eigenvalue weighted by atomic mass is 9.95. The first-order valence-corrected chi connectivity index (χ1v) is 12.8. The Hall–Kier alpha value is -4.20. The Morgan fingerprint density at radius 2 is 1.78 bits per heavy atom. The molecule has 1 saturated carbocycles. The molecule has 1 aliphatic heterocycles. The van der Waals surface area contributed by atoms with Gasteiger partial charge in [0.2, 0.25) is 0 Å². The van der Waals surface area contributed by atoms with Crippen LogP contribution >= 0.6 is 0 Å². The molecule has 0 radical (unpaired) electrons. The van der Waals surface area contributed by atoms with Crippen LogP contribution in [0.15, 0.2) is 45.7 Å². The van der Waals surface area contributed by atoms with E-state index in [0.29, 0.717) is 11.9 Å². The molecule has 0 atom stereocenters. The molecule has 1 fully saturated rings. The summed E-state index contributed by atoms with van der Waals surface area (Å²) in [6, 6.07) is 12.6. The van der Waals surface area contributed by atoms with E-state index in [0.717, 1.165) is 76.6 Å². The fourth-order valence-corrected chi connectivity index (χ4v) is 5.94. The van der Waals surface area contributed by atoms with Crippen LogP contribution in [0.3, 0.4) is 0 Å². The zero-order valence-corrected chi connectivity index (χ0v) is 21.4. The number of imidazole rings is 1. The van der Waals surface area contributed by atoms with Gasteiger partial charge >= 0.3 is 5.76 Å². The van der Waals surface area contributed by atoms with E-state index in [1.807, 2.05) is 17.9 Å². The minimum Gasteiger partial charge on any atom is -0.294 e. The number of nitrogens with zero attached hydrogens (tertiary/aromatic N) is 5. The first-order chi connectivity index (χ1) is 17.9. The van der Waals surface area contributed by atoms with Gasteiger partial charge in [-0.3, -0.25) is 19.0 Å². The van der Waals surface area contributed by atoms with E-state index in [1.165, 1.54) is 16.7 Å². The molecule has 8 nitrogen and oxygen atoms in total. The summed E-state index contributed by atoms with van der Waals surface area (Å²) in [5, 5.41) is 4.07. The van der Waals surface area contributed by atoms with Gasteiger partial charge in [0.1, 0.15) is 11.3 Å². The van der Waals surface area contributed by atoms with E-state index in [9.17, 15) is 4.79 Å². The Labute approximate surface area is 214 Å². The van der Waals surface area contributed by atoms with Gasteiger partial charge in [-0.05, 0) is 105 Å². The maximum absolute atomic E-state index is 11.9. The molecule has 7 rings (SSSR count). The highest BCUT2D eigenvalue weighted by Gasteiger charge is 2.33. The molecule has 5 aromatic rings. The van der Waals surface area contributed by atoms with E-state index in [2.05, 4.69) is 65.8 Å². The van der Waals surface area contributed by atoms with E-state index in [-0.39, 0.29) is 0 Å². The normalized spacial score (nSPS) is 15.1. The number of para-hydroxylation sites is 1. The lowest BCUT2D eigenvalue weighted by Gasteiger charge is -2.26. The summed E-state index contributed by atoms with van der Waals surface area (Å²) < 4.78 is 7.25. The molecule has 1 aliphatic carbocycles. The number of rotatable bonds is 3. The third-order valence-corrected chi connectivity index (χ3v) is 7.73. The number of hydrogen-bond donors (Lipinski definition) is 1. The Kier molecular flexibility index (Phi) is 4.70. The number of aromatic amines is 1. The second kappa shape index (κ2) is 7.90. The molecule has 4 heterocycles. The fourth-order valence-electron chi connectivity index (χ4n) is 5.94. The van der Waals surface area contributed by atoms with Crippen LogP contribution in [0.4, 0.5) is 17.3 Å². The Balaban J connectivity index is 1.52. The van der Waals surface area contributed by atoms with Crippen LogP contribution in [-0.2, 0) is 12.8 Å². The van der Waals surface area contributed by atoms with Crippen molar-refractivity contribution in [1.82, 2.24) is 24.7 Å². The standard InChI is InChI=1S/C29H28N6O2/c1-15-13-17(3)30-27-24(15)31-26(20-9-10-20)35(27)25-16(2)14-23-21(18(25)4)12-11-19-7-5-6-8-22(19)34(23)28-32-29(36)37-33-28/h5-8,13-14,20H,9-12H2,1-4H3,(H,32,33,36). The second-order valence-electron chi connectivity index (χ2n) is 10.4. The molecule has 186 valence electrons. The molecule has 0 spiro atoms. The quantitative estimate of drug-likeness (QED) is 0.343. The molecule has 1 N–H and O–H groups in total. The van der Waals surface area contributed by atoms with E-state index in [4.69, 9.17) is 14.5 Å². The van der Waals surface area contributed by atoms with Gasteiger partial charge in [-0.15, -0.1) is 0 Å². The summed E-state index contributed by atoms with van der Waals surface area (Å²) in [6.07, 6.45) is 4.06. The first kappa shape index (κ1) is 22.0. The molecular formula is C29H28N6O2. The van der Waals surface area contributed by atoms with Crippen molar-refractivity contribution in [1.29, 1.82) is 0 Å². The number of pyridine rings is 1. The number of H-pyrrole nitrogens is 1. The van der Waals surface area contributed by atoms with Crippen molar-refractivity contribution in [2.24, 2.45) is 0 Å². The van der Waals surface area contributed by atoms with E-state index < -0.39 is 5.76 Å². The molecule has 0 bridgehead atoms. The maximum Gasteiger partial charge on any atom is 0.440 e. The SMILES string of the molecule is Cc1cc(C)c2nc(C3CC3)n(-c3c(C)cc4c(c3C)CCc3ccccc3N4c3noc(=O)[nH]3)c2n1. The Morgan fingerprint density at radius 1 is 0.973 bits per heavy atom. The van der Waals surface area contributed by atoms with Crippen molar-refractivity contribution >= 4 is 28.5 Å². The van der Waals surface area contributed by atoms with Gasteiger partial charge in [0.15, 0.2) is 5.65 Å². The monoisotopic (exact) mass is 492 g/mol. The minimum atomic E-state index is -0.570. The first-order valence-electron chi connectivity index (χ1n) is 12.8. The molecule has 0 saturated heterocycles. The van der Waals surface area contributed by atoms with Gasteiger partial charge in [-0.25, -0.2) is 14.8 Å². The maximum atomic E-state index is 11.9. The third kappa shape index (κ3) is 3.35. The summed E-state index contributed by atoms with van der Waals surface area (Å²) >= 11 is 0. The van der Waals surface area contributed by atoms with Crippen LogP contribution in [0, 0.1) is 27.7 Å². The van der Waals surface area contributed by atoms with Crippen molar-refractivity contribution in [2.75, 3.05) is 4.90 Å². The average molecular weight is 493 g/mol. The number of fused-ring (bicyclic) bond motifs is 3. The molecule has 37 heavy (non-hydrogen) atoms. The Morgan fingerprint density at radius 3 is 2.54 bits per heavy atom. The van der Waals surface area contributed by atoms with Gasteiger partial charge < -0.3 is 0 Å². The highest BCUT2D eigenvalue weighted by atomic mass is 16.5. The van der Waals surface area contributed by atoms with Crippen molar-refractivity contribution in [2.45, 2.75) is 59.3 Å². The topological polar surface area (TPSA) is 92.8 Å². The lowest BCUT2D eigenvalue weighted by molar-refractivity contribution is 0.387. The van der Waals surface area contributed by atoms with Crippen LogP contribution in [-0.4, -0.2) is 24.7 Å². The van der Waals surface area contributed by atoms with Gasteiger partial charge in [0.05, 0.1) is 17.1 Å². The molecular weight excluding hydrogens is 464 g/mol. The molecule has 0 amide bonds. The Bertz CT molecular complexity index is 1770. The number of nitrogens with one attached hydrogen (secondary N) is 1. The highest BCUT2D eigenvalue weighted by Crippen LogP contribution is 2.46. The zero-order chi connectivity index (χ0) is 25.4. The summed E-state index contributed by atoms with van der Waals surface area (Å²) in [7, 11) is 0. The largest absolute Gasteiger partial charge is 0.440 e. The van der Waals surface area contributed by atoms with Gasteiger partial charge in [0, 0.05) is 11.6 Å². The van der Waals surface area contributed by atoms with Crippen LogP contribution in [0.5, 0.6) is 0 Å². The summed E-state index contributed by atoms with van der Waals surface area (Å²) in [5.74, 6) is 1.38. The third-order valence-electron chi connectivity index (χ3n) is 7.73. The number of anilines is 3. The minimum absolute atomic E-state index is 0.381. The van der Waals surface area contributed by atoms with Crippen LogP contribution in [0.1, 0.15) is 58.1 Å². The van der Waals surface area contributed by atoms with Crippen molar-refractivity contribution in [3.63, 3.8) is 0 Å². The number of aryl methyl sites for hydroxylation is 4. The van der Waals surface area contributed by atoms with Crippen LogP contribution in [0.2, 0.25) is 0 Å². The summed E-state index contributed by atoms with van der Waals surface area (Å²) in [5.41, 5.74) is 11.9. The van der Waals surface area contributed by atoms with Gasteiger partial charge in [0.25, 0.3) is 5.95 Å². The van der Waals surface area contributed by atoms with Crippen LogP contribution < -0.4 is 10.7 Å². The number of benzene rings is 2. The van der Waals surface area contributed by atoms with Gasteiger partial charge in [-0.1, -0.05) is 18.2 Å². The predicted octanol–water partition coefficient (Wildman–Crippen LogP) is 5.78. The molecule has 0 unspecified atom stereocenters. The van der Waals surface area contributed by atoms with Crippen LogP contribution in [0.25, 0.3) is 16.9 Å². The van der Waals surface area contributed by atoms with E-state index in [1.54, 1.807) is 0 Å². The summed E-state index contributed by atoms with van der Waals surface area (Å²) in [6.45, 7) is 8.51. The van der Waals surface area contributed by atoms with Gasteiger partial charge in [-0.2, -0.15) is 0 Å². The molecule has 8 heteroatoms. The second-order valence-corrected chi connectivity index (χ2v) is 10.4. The smallest absolute Gasteiger partial charge is 0.294 e. The van der Waals surface area contributed by atoms with E-state index >= 15 is 0 Å². The van der Waals surface area contributed by atoms with Crippen molar-refractivity contribution in [3.05, 3.63) is 86.3 Å². The molecule has 2 aliphatic rings. The summed E-state index contributed by atoms with van der Waals surface area (Å²) in [4.78, 5) is 26.8. The van der Waals surface area contributed by atoms with Crippen molar-refractivity contribution in [3.8, 4) is 5.69 Å². The lowest BCUT2D eigenvalue weighted by Crippen LogP contribution is -2.16. The van der Waals surface area contributed by atoms with Crippen molar-refractivity contribution < 1.29 is 4.52 Å². The number of aromatic nitrogens is 5. The number of hydrogen-bond acceptors (Lipinski definition) is 6. The average Bonchev–Trinajstić information content (AvgIpc) is 3.55.